The van der Waals surface area contributed by atoms with E-state index >= 15 is 0 Å². The molecule has 0 aliphatic heterocycles. The van der Waals surface area contributed by atoms with E-state index in [0.717, 1.165) is 24.8 Å². The van der Waals surface area contributed by atoms with Gasteiger partial charge in [-0.25, -0.2) is 0 Å². The van der Waals surface area contributed by atoms with E-state index in [1.807, 2.05) is 12.1 Å². The molecular formula is C17H19NO. The Morgan fingerprint density at radius 2 is 1.95 bits per heavy atom. The van der Waals surface area contributed by atoms with Crippen LogP contribution in [0.2, 0.25) is 0 Å². The number of rotatable bonds is 3. The molecule has 1 unspecified atom stereocenters. The second-order valence-electron chi connectivity index (χ2n) is 5.19. The molecule has 19 heavy (non-hydrogen) atoms. The van der Waals surface area contributed by atoms with Crippen molar-refractivity contribution in [1.82, 2.24) is 4.57 Å². The second kappa shape index (κ2) is 5.04. The molecule has 1 heterocycles. The second-order valence-corrected chi connectivity index (χ2v) is 5.19. The Hall–Kier alpha value is -1.83. The molecule has 0 radical (unpaired) electrons. The lowest BCUT2D eigenvalue weighted by Crippen LogP contribution is -2.17. The van der Waals surface area contributed by atoms with Crippen molar-refractivity contribution in [1.29, 1.82) is 0 Å². The molecule has 2 heteroatoms. The zero-order valence-corrected chi connectivity index (χ0v) is 11.3. The van der Waals surface area contributed by atoms with Gasteiger partial charge in [0.25, 0.3) is 0 Å². The summed E-state index contributed by atoms with van der Waals surface area (Å²) in [6.45, 7) is 2.20. The van der Waals surface area contributed by atoms with Crippen LogP contribution < -0.4 is 0 Å². The van der Waals surface area contributed by atoms with Gasteiger partial charge in [0.1, 0.15) is 0 Å². The first-order valence-corrected chi connectivity index (χ1v) is 7.09. The third-order valence-corrected chi connectivity index (χ3v) is 4.05. The van der Waals surface area contributed by atoms with Crippen LogP contribution in [-0.4, -0.2) is 10.4 Å². The Kier molecular flexibility index (Phi) is 3.24. The number of hydrogen-bond acceptors (Lipinski definition) is 1. The summed E-state index contributed by atoms with van der Waals surface area (Å²) < 4.78 is 2.31. The van der Waals surface area contributed by atoms with Crippen molar-refractivity contribution in [2.45, 2.75) is 38.6 Å². The normalized spacial score (nSPS) is 16.2. The van der Waals surface area contributed by atoms with Crippen molar-refractivity contribution < 1.29 is 4.79 Å². The number of nitrogens with zero attached hydrogens (tertiary/aromatic N) is 1. The van der Waals surface area contributed by atoms with E-state index in [-0.39, 0.29) is 0 Å². The van der Waals surface area contributed by atoms with Crippen LogP contribution in [0.15, 0.2) is 42.6 Å². The number of fused-ring (bicyclic) bond motifs is 1. The fourth-order valence-electron chi connectivity index (χ4n) is 3.11. The van der Waals surface area contributed by atoms with Gasteiger partial charge in [-0.15, -0.1) is 0 Å². The minimum absolute atomic E-state index is 0.308. The summed E-state index contributed by atoms with van der Waals surface area (Å²) in [4.78, 5) is 11.9. The van der Waals surface area contributed by atoms with Crippen LogP contribution in [0.3, 0.4) is 0 Å². The molecule has 0 saturated carbocycles. The number of ketones is 1. The van der Waals surface area contributed by atoms with Crippen LogP contribution in [0, 0.1) is 0 Å². The molecule has 1 aliphatic rings. The van der Waals surface area contributed by atoms with Gasteiger partial charge in [0, 0.05) is 23.9 Å². The predicted octanol–water partition coefficient (Wildman–Crippen LogP) is 4.01. The maximum atomic E-state index is 11.9. The zero-order valence-electron chi connectivity index (χ0n) is 11.3. The number of carbonyl (C=O) groups excluding carboxylic acids is 1. The van der Waals surface area contributed by atoms with E-state index < -0.39 is 0 Å². The van der Waals surface area contributed by atoms with Crippen molar-refractivity contribution in [2.24, 2.45) is 0 Å². The molecule has 0 spiro atoms. The summed E-state index contributed by atoms with van der Waals surface area (Å²) >= 11 is 0. The van der Waals surface area contributed by atoms with Gasteiger partial charge in [0.2, 0.25) is 0 Å². The fraction of sp³-hybridized carbons (Fsp3) is 0.353. The Morgan fingerprint density at radius 1 is 1.16 bits per heavy atom. The minimum atomic E-state index is 0.308. The quantitative estimate of drug-likeness (QED) is 0.810. The van der Waals surface area contributed by atoms with Crippen LogP contribution >= 0.6 is 0 Å². The monoisotopic (exact) mass is 253 g/mol. The Balaban J connectivity index is 2.04. The molecule has 98 valence electrons. The summed E-state index contributed by atoms with van der Waals surface area (Å²) in [5.74, 6) is 0.308. The van der Waals surface area contributed by atoms with E-state index in [9.17, 15) is 4.79 Å². The highest BCUT2D eigenvalue weighted by Crippen LogP contribution is 2.29. The van der Waals surface area contributed by atoms with Gasteiger partial charge >= 0.3 is 0 Å². The van der Waals surface area contributed by atoms with Gasteiger partial charge in [-0.3, -0.25) is 4.79 Å². The van der Waals surface area contributed by atoms with Crippen molar-refractivity contribution in [2.75, 3.05) is 0 Å². The van der Waals surface area contributed by atoms with Crippen LogP contribution in [0.25, 0.3) is 0 Å². The fourth-order valence-corrected chi connectivity index (χ4v) is 3.11. The highest BCUT2D eigenvalue weighted by atomic mass is 16.1. The molecule has 0 N–H and O–H groups in total. The van der Waals surface area contributed by atoms with Gasteiger partial charge in [0.15, 0.2) is 5.78 Å². The van der Waals surface area contributed by atoms with E-state index in [0.29, 0.717) is 18.2 Å². The van der Waals surface area contributed by atoms with Crippen LogP contribution in [-0.2, 0) is 6.42 Å². The van der Waals surface area contributed by atoms with Gasteiger partial charge < -0.3 is 4.57 Å². The summed E-state index contributed by atoms with van der Waals surface area (Å²) in [5.41, 5.74) is 3.49. The van der Waals surface area contributed by atoms with Crippen molar-refractivity contribution in [3.8, 4) is 0 Å². The third kappa shape index (κ3) is 2.12. The van der Waals surface area contributed by atoms with Gasteiger partial charge in [0.05, 0.1) is 6.04 Å². The van der Waals surface area contributed by atoms with Gasteiger partial charge in [-0.05, 0) is 30.9 Å². The van der Waals surface area contributed by atoms with E-state index in [1.165, 1.54) is 11.3 Å². The van der Waals surface area contributed by atoms with E-state index in [4.69, 9.17) is 0 Å². The van der Waals surface area contributed by atoms with Crippen molar-refractivity contribution in [3.63, 3.8) is 0 Å². The molecule has 2 aromatic rings. The number of hydrogen-bond donors (Lipinski definition) is 0. The number of aromatic nitrogens is 1. The average molecular weight is 253 g/mol. The smallest absolute Gasteiger partial charge is 0.164 e. The summed E-state index contributed by atoms with van der Waals surface area (Å²) in [6, 6.07) is 12.9. The molecule has 0 fully saturated rings. The van der Waals surface area contributed by atoms with E-state index in [1.54, 1.807) is 0 Å². The zero-order chi connectivity index (χ0) is 13.2. The lowest BCUT2D eigenvalue weighted by Gasteiger charge is -2.23. The lowest BCUT2D eigenvalue weighted by atomic mass is 9.96. The van der Waals surface area contributed by atoms with E-state index in [2.05, 4.69) is 42.0 Å². The third-order valence-electron chi connectivity index (χ3n) is 4.05. The summed E-state index contributed by atoms with van der Waals surface area (Å²) in [7, 11) is 0. The SMILES string of the molecule is CCC(c1ccccc1)n1ccc2c1CCCC2=O. The molecule has 0 saturated heterocycles. The maximum Gasteiger partial charge on any atom is 0.164 e. The molecule has 1 aromatic carbocycles. The number of benzene rings is 1. The molecule has 2 nitrogen and oxygen atoms in total. The highest BCUT2D eigenvalue weighted by molar-refractivity contribution is 5.98. The molecule has 0 bridgehead atoms. The summed E-state index contributed by atoms with van der Waals surface area (Å²) in [6.07, 6.45) is 5.85. The standard InChI is InChI=1S/C17H19NO/c1-2-15(13-7-4-3-5-8-13)18-12-11-14-16(18)9-6-10-17(14)19/h3-5,7-8,11-12,15H,2,6,9-10H2,1H3. The minimum Gasteiger partial charge on any atom is -0.343 e. The van der Waals surface area contributed by atoms with Crippen molar-refractivity contribution >= 4 is 5.78 Å². The molecule has 1 aliphatic carbocycles. The largest absolute Gasteiger partial charge is 0.343 e. The van der Waals surface area contributed by atoms with Crippen molar-refractivity contribution in [3.05, 3.63) is 59.4 Å². The maximum absolute atomic E-state index is 11.9. The highest BCUT2D eigenvalue weighted by Gasteiger charge is 2.23. The first-order chi connectivity index (χ1) is 9.31. The molecule has 3 rings (SSSR count). The molecule has 1 atom stereocenters. The van der Waals surface area contributed by atoms with Crippen LogP contribution in [0.5, 0.6) is 0 Å². The lowest BCUT2D eigenvalue weighted by molar-refractivity contribution is 0.0971. The number of carbonyl (C=O) groups is 1. The summed E-state index contributed by atoms with van der Waals surface area (Å²) in [5, 5.41) is 0. The predicted molar refractivity (Wildman–Crippen MR) is 76.6 cm³/mol. The van der Waals surface area contributed by atoms with Gasteiger partial charge in [-0.2, -0.15) is 0 Å². The van der Waals surface area contributed by atoms with Crippen LogP contribution in [0.4, 0.5) is 0 Å². The van der Waals surface area contributed by atoms with Crippen LogP contribution in [0.1, 0.15) is 53.8 Å². The molecule has 0 amide bonds. The molecular weight excluding hydrogens is 234 g/mol. The first kappa shape index (κ1) is 12.2. The average Bonchev–Trinajstić information content (AvgIpc) is 2.87. The Bertz CT molecular complexity index is 583. The topological polar surface area (TPSA) is 22.0 Å². The number of Topliss-reactive ketones (excluding diaryl/α,β-unsaturated/α-hetero) is 1. The Morgan fingerprint density at radius 3 is 2.68 bits per heavy atom. The molecule has 1 aromatic heterocycles. The first-order valence-electron chi connectivity index (χ1n) is 7.09. The Labute approximate surface area is 114 Å². The van der Waals surface area contributed by atoms with Gasteiger partial charge in [-0.1, -0.05) is 37.3 Å².